The molecule has 5 rings (SSSR count). The van der Waals surface area contributed by atoms with Crippen molar-refractivity contribution < 1.29 is 4.79 Å². The van der Waals surface area contributed by atoms with Crippen molar-refractivity contribution in [2.75, 3.05) is 0 Å². The molecular weight excluding hydrogens is 312 g/mol. The molecule has 0 spiro atoms. The zero-order valence-electron chi connectivity index (χ0n) is 15.0. The predicted molar refractivity (Wildman–Crippen MR) is 101 cm³/mol. The number of fused-ring (bicyclic) bond motifs is 4. The number of hydrogen-bond donors (Lipinski definition) is 0. The highest BCUT2D eigenvalue weighted by Crippen LogP contribution is 2.70. The van der Waals surface area contributed by atoms with Gasteiger partial charge in [-0.15, -0.1) is 0 Å². The summed E-state index contributed by atoms with van der Waals surface area (Å²) in [6.07, 6.45) is 7.60. The first-order chi connectivity index (χ1) is 11.5. The molecule has 0 amide bonds. The normalized spacial score (nSPS) is 45.2. The maximum absolute atomic E-state index is 13.2. The summed E-state index contributed by atoms with van der Waals surface area (Å²) in [5.41, 5.74) is 1.75. The Labute approximate surface area is 148 Å². The Balaban J connectivity index is 1.55. The molecule has 24 heavy (non-hydrogen) atoms. The molecule has 0 aromatic heterocycles. The fourth-order valence-electron chi connectivity index (χ4n) is 6.99. The van der Waals surface area contributed by atoms with E-state index < -0.39 is 0 Å². The number of Topliss-reactive ketones (excluding diaryl/α,β-unsaturated/α-hetero) is 1. The summed E-state index contributed by atoms with van der Waals surface area (Å²) >= 11 is 0. The first-order valence-corrected chi connectivity index (χ1v) is 11.3. The van der Waals surface area contributed by atoms with Gasteiger partial charge >= 0.3 is 0 Å². The van der Waals surface area contributed by atoms with Crippen molar-refractivity contribution in [2.24, 2.45) is 22.7 Å². The molecular formula is C22H29OS+. The van der Waals surface area contributed by atoms with Gasteiger partial charge in [0.05, 0.1) is 5.41 Å². The quantitative estimate of drug-likeness (QED) is 0.725. The second-order valence-electron chi connectivity index (χ2n) is 9.27. The molecule has 1 saturated heterocycles. The zero-order chi connectivity index (χ0) is 16.5. The van der Waals surface area contributed by atoms with E-state index in [4.69, 9.17) is 0 Å². The van der Waals surface area contributed by atoms with Crippen LogP contribution in [0.3, 0.4) is 0 Å². The molecule has 1 aromatic carbocycles. The van der Waals surface area contributed by atoms with Gasteiger partial charge in [0, 0.05) is 24.3 Å². The second kappa shape index (κ2) is 5.13. The van der Waals surface area contributed by atoms with E-state index in [1.165, 1.54) is 43.4 Å². The fourth-order valence-corrected chi connectivity index (χ4v) is 11.1. The minimum absolute atomic E-state index is 0.0232. The minimum Gasteiger partial charge on any atom is -0.299 e. The van der Waals surface area contributed by atoms with Gasteiger partial charge in [0.1, 0.15) is 22.0 Å². The second-order valence-corrected chi connectivity index (χ2v) is 11.7. The maximum Gasteiger partial charge on any atom is 0.144 e. The number of benzene rings is 1. The topological polar surface area (TPSA) is 17.1 Å². The Morgan fingerprint density at radius 2 is 1.92 bits per heavy atom. The summed E-state index contributed by atoms with van der Waals surface area (Å²) < 4.78 is 0. The molecule has 1 nitrogen and oxygen atoms in total. The highest BCUT2D eigenvalue weighted by atomic mass is 32.2. The lowest BCUT2D eigenvalue weighted by Crippen LogP contribution is -2.53. The van der Waals surface area contributed by atoms with E-state index in [9.17, 15) is 4.79 Å². The van der Waals surface area contributed by atoms with Crippen LogP contribution in [0.2, 0.25) is 0 Å². The van der Waals surface area contributed by atoms with E-state index in [1.54, 1.807) is 0 Å². The molecule has 4 aliphatic rings. The van der Waals surface area contributed by atoms with Gasteiger partial charge in [0.25, 0.3) is 0 Å². The lowest BCUT2D eigenvalue weighted by Gasteiger charge is -2.43. The van der Waals surface area contributed by atoms with Crippen molar-refractivity contribution >= 4 is 16.7 Å². The average Bonchev–Trinajstić information content (AvgIpc) is 3.27. The monoisotopic (exact) mass is 341 g/mol. The third-order valence-corrected chi connectivity index (χ3v) is 11.6. The van der Waals surface area contributed by atoms with Crippen molar-refractivity contribution in [2.45, 2.75) is 68.6 Å². The summed E-state index contributed by atoms with van der Waals surface area (Å²) in [6, 6.07) is 11.1. The van der Waals surface area contributed by atoms with Crippen molar-refractivity contribution in [3.63, 3.8) is 0 Å². The first kappa shape index (κ1) is 15.5. The molecule has 0 N–H and O–H groups in total. The van der Waals surface area contributed by atoms with E-state index in [2.05, 4.69) is 44.2 Å². The van der Waals surface area contributed by atoms with E-state index in [0.717, 1.165) is 17.6 Å². The van der Waals surface area contributed by atoms with Crippen molar-refractivity contribution in [3.05, 3.63) is 35.9 Å². The standard InChI is InChI=1S/C22H29OS/c1-21(2)17-10-11-22(21,19(23)13-17)20-16-8-9-18(12-16)24(20)14-15-6-4-3-5-7-15/h3-7,16-18,20H,8-14H2,1-2H3/q+1. The van der Waals surface area contributed by atoms with Crippen LogP contribution in [-0.4, -0.2) is 16.3 Å². The number of carbonyl (C=O) groups excluding carboxylic acids is 1. The number of ketones is 1. The summed E-state index contributed by atoms with van der Waals surface area (Å²) in [5.74, 6) is 3.36. The largest absolute Gasteiger partial charge is 0.299 e. The lowest BCUT2D eigenvalue weighted by molar-refractivity contribution is -0.130. The van der Waals surface area contributed by atoms with Crippen LogP contribution >= 0.6 is 0 Å². The third-order valence-electron chi connectivity index (χ3n) is 8.26. The highest BCUT2D eigenvalue weighted by Gasteiger charge is 2.75. The Kier molecular flexibility index (Phi) is 3.31. The Hall–Kier alpha value is -0.760. The highest BCUT2D eigenvalue weighted by molar-refractivity contribution is 7.97. The SMILES string of the molecule is CC1(C)C2CCC1(C1C3CCC(C3)[S+]1Cc1ccccc1)C(=O)C2. The molecule has 4 fully saturated rings. The third kappa shape index (κ3) is 1.81. The van der Waals surface area contributed by atoms with E-state index in [1.807, 2.05) is 0 Å². The van der Waals surface area contributed by atoms with Crippen LogP contribution in [-0.2, 0) is 21.4 Å². The number of hydrogen-bond acceptors (Lipinski definition) is 1. The van der Waals surface area contributed by atoms with E-state index in [-0.39, 0.29) is 10.8 Å². The molecule has 3 aliphatic carbocycles. The predicted octanol–water partition coefficient (Wildman–Crippen LogP) is 4.75. The fraction of sp³-hybridized carbons (Fsp3) is 0.682. The zero-order valence-corrected chi connectivity index (χ0v) is 15.8. The maximum atomic E-state index is 13.2. The average molecular weight is 342 g/mol. The minimum atomic E-state index is 0.0232. The van der Waals surface area contributed by atoms with Crippen LogP contribution < -0.4 is 0 Å². The van der Waals surface area contributed by atoms with Crippen LogP contribution in [0.15, 0.2) is 30.3 Å². The summed E-state index contributed by atoms with van der Waals surface area (Å²) in [4.78, 5) is 13.2. The van der Waals surface area contributed by atoms with Gasteiger partial charge in [-0.1, -0.05) is 44.2 Å². The molecule has 1 aromatic rings. The molecule has 2 heteroatoms. The first-order valence-electron chi connectivity index (χ1n) is 9.80. The van der Waals surface area contributed by atoms with Gasteiger partial charge in [-0.3, -0.25) is 4.79 Å². The van der Waals surface area contributed by atoms with Gasteiger partial charge in [-0.25, -0.2) is 0 Å². The van der Waals surface area contributed by atoms with Gasteiger partial charge in [0.15, 0.2) is 0 Å². The van der Waals surface area contributed by atoms with Gasteiger partial charge in [-0.2, -0.15) is 0 Å². The van der Waals surface area contributed by atoms with Crippen LogP contribution in [0.5, 0.6) is 0 Å². The van der Waals surface area contributed by atoms with Crippen LogP contribution in [0.4, 0.5) is 0 Å². The van der Waals surface area contributed by atoms with Crippen LogP contribution in [0.25, 0.3) is 0 Å². The molecule has 6 atom stereocenters. The summed E-state index contributed by atoms with van der Waals surface area (Å²) in [6.45, 7) is 4.87. The number of rotatable bonds is 3. The Bertz CT molecular complexity index is 666. The Morgan fingerprint density at radius 3 is 2.58 bits per heavy atom. The van der Waals surface area contributed by atoms with Gasteiger partial charge < -0.3 is 0 Å². The Morgan fingerprint density at radius 1 is 1.12 bits per heavy atom. The summed E-state index contributed by atoms with van der Waals surface area (Å²) in [7, 11) is 0.405. The molecule has 1 heterocycles. The van der Waals surface area contributed by atoms with Gasteiger partial charge in [0.2, 0.25) is 0 Å². The summed E-state index contributed by atoms with van der Waals surface area (Å²) in [5, 5.41) is 1.59. The molecule has 1 aliphatic heterocycles. The van der Waals surface area contributed by atoms with E-state index in [0.29, 0.717) is 27.8 Å². The van der Waals surface area contributed by atoms with Crippen molar-refractivity contribution in [3.8, 4) is 0 Å². The van der Waals surface area contributed by atoms with Gasteiger partial charge in [-0.05, 0) is 47.9 Å². The molecule has 4 bridgehead atoms. The van der Waals surface area contributed by atoms with E-state index >= 15 is 0 Å². The molecule has 6 unspecified atom stereocenters. The van der Waals surface area contributed by atoms with Crippen molar-refractivity contribution in [1.29, 1.82) is 0 Å². The van der Waals surface area contributed by atoms with Crippen LogP contribution in [0, 0.1) is 22.7 Å². The smallest absolute Gasteiger partial charge is 0.144 e. The molecule has 0 radical (unpaired) electrons. The molecule has 128 valence electrons. The number of carbonyl (C=O) groups is 1. The molecule has 3 saturated carbocycles. The van der Waals surface area contributed by atoms with Crippen molar-refractivity contribution in [1.82, 2.24) is 0 Å². The lowest BCUT2D eigenvalue weighted by atomic mass is 9.64. The van der Waals surface area contributed by atoms with Crippen LogP contribution in [0.1, 0.15) is 57.9 Å².